The van der Waals surface area contributed by atoms with Crippen molar-refractivity contribution in [3.63, 3.8) is 0 Å². The van der Waals surface area contributed by atoms with Crippen LogP contribution in [0.2, 0.25) is 0 Å². The molecule has 0 amide bonds. The Morgan fingerprint density at radius 3 is 2.07 bits per heavy atom. The number of hydrogen-bond acceptors (Lipinski definition) is 3. The SMILES string of the molecule is CC1(C)CCCC2(CCCCC2)C12OOC(c1ccccc1)(C(F)(F)F)O2. The Kier molecular flexibility index (Phi) is 4.41. The molecule has 6 heteroatoms. The molecule has 2 atom stereocenters. The molecule has 1 saturated heterocycles. The third kappa shape index (κ3) is 2.60. The monoisotopic (exact) mass is 384 g/mol. The van der Waals surface area contributed by atoms with Crippen LogP contribution in [0.1, 0.15) is 70.8 Å². The third-order valence-corrected chi connectivity index (χ3v) is 6.95. The largest absolute Gasteiger partial charge is 0.451 e. The van der Waals surface area contributed by atoms with Crippen molar-refractivity contribution in [2.75, 3.05) is 0 Å². The van der Waals surface area contributed by atoms with E-state index in [4.69, 9.17) is 14.5 Å². The second-order valence-corrected chi connectivity index (χ2v) is 8.94. The summed E-state index contributed by atoms with van der Waals surface area (Å²) in [4.78, 5) is 10.9. The quantitative estimate of drug-likeness (QED) is 0.537. The van der Waals surface area contributed by atoms with E-state index in [-0.39, 0.29) is 5.56 Å². The molecule has 0 bridgehead atoms. The molecule has 2 unspecified atom stereocenters. The van der Waals surface area contributed by atoms with Gasteiger partial charge in [-0.15, -0.1) is 0 Å². The Morgan fingerprint density at radius 2 is 1.44 bits per heavy atom. The van der Waals surface area contributed by atoms with Gasteiger partial charge in [0.15, 0.2) is 0 Å². The molecule has 4 rings (SSSR count). The average Bonchev–Trinajstić information content (AvgIpc) is 3.06. The minimum absolute atomic E-state index is 0.0818. The number of ether oxygens (including phenoxy) is 1. The van der Waals surface area contributed by atoms with Crippen LogP contribution in [0.25, 0.3) is 0 Å². The second-order valence-electron chi connectivity index (χ2n) is 8.94. The lowest BCUT2D eigenvalue weighted by molar-refractivity contribution is -0.431. The lowest BCUT2D eigenvalue weighted by Crippen LogP contribution is -2.63. The minimum Gasteiger partial charge on any atom is -0.300 e. The van der Waals surface area contributed by atoms with Crippen LogP contribution in [0.3, 0.4) is 0 Å². The van der Waals surface area contributed by atoms with Crippen LogP contribution < -0.4 is 0 Å². The summed E-state index contributed by atoms with van der Waals surface area (Å²) in [6.45, 7) is 3.90. The summed E-state index contributed by atoms with van der Waals surface area (Å²) in [7, 11) is 0. The van der Waals surface area contributed by atoms with E-state index in [0.717, 1.165) is 51.4 Å². The van der Waals surface area contributed by atoms with Crippen LogP contribution in [0.15, 0.2) is 30.3 Å². The van der Waals surface area contributed by atoms with Gasteiger partial charge in [0.1, 0.15) is 0 Å². The van der Waals surface area contributed by atoms with Crippen LogP contribution >= 0.6 is 0 Å². The van der Waals surface area contributed by atoms with Gasteiger partial charge in [0.05, 0.1) is 0 Å². The summed E-state index contributed by atoms with van der Waals surface area (Å²) >= 11 is 0. The van der Waals surface area contributed by atoms with Crippen molar-refractivity contribution in [2.45, 2.75) is 83.0 Å². The van der Waals surface area contributed by atoms with Crippen molar-refractivity contribution >= 4 is 0 Å². The van der Waals surface area contributed by atoms with Gasteiger partial charge in [-0.1, -0.05) is 69.9 Å². The summed E-state index contributed by atoms with van der Waals surface area (Å²) in [5.74, 6) is -4.31. The number of alkyl halides is 3. The molecule has 1 aromatic rings. The standard InChI is InChI=1S/C21H27F3O3/c1-17(2)12-9-15-18(13-7-4-8-14-18)20(17)25-19(26-27-20,21(22,23)24)16-10-5-3-6-11-16/h3,5-6,10-11H,4,7-9,12-15H2,1-2H3. The normalized spacial score (nSPS) is 35.6. The molecule has 1 aliphatic heterocycles. The van der Waals surface area contributed by atoms with E-state index < -0.39 is 28.6 Å². The fraction of sp³-hybridized carbons (Fsp3) is 0.714. The molecule has 1 heterocycles. The van der Waals surface area contributed by atoms with Gasteiger partial charge in [0.2, 0.25) is 5.79 Å². The highest BCUT2D eigenvalue weighted by Crippen LogP contribution is 2.68. The topological polar surface area (TPSA) is 27.7 Å². The summed E-state index contributed by atoms with van der Waals surface area (Å²) in [6, 6.07) is 7.57. The zero-order valence-electron chi connectivity index (χ0n) is 15.9. The molecule has 3 nitrogen and oxygen atoms in total. The zero-order chi connectivity index (χ0) is 19.4. The van der Waals surface area contributed by atoms with E-state index in [1.807, 2.05) is 13.8 Å². The molecule has 3 fully saturated rings. The van der Waals surface area contributed by atoms with Gasteiger partial charge in [-0.05, 0) is 25.7 Å². The number of rotatable bonds is 1. The summed E-state index contributed by atoms with van der Waals surface area (Å²) in [6.07, 6.45) is 2.42. The lowest BCUT2D eigenvalue weighted by atomic mass is 9.53. The molecule has 1 aromatic carbocycles. The maximum atomic E-state index is 14.3. The molecular weight excluding hydrogens is 357 g/mol. The third-order valence-electron chi connectivity index (χ3n) is 6.95. The highest BCUT2D eigenvalue weighted by atomic mass is 19.4. The van der Waals surface area contributed by atoms with Gasteiger partial charge in [-0.2, -0.15) is 22.9 Å². The van der Waals surface area contributed by atoms with Gasteiger partial charge < -0.3 is 0 Å². The van der Waals surface area contributed by atoms with Crippen molar-refractivity contribution in [3.8, 4) is 0 Å². The van der Waals surface area contributed by atoms with E-state index in [2.05, 4.69) is 0 Å². The minimum atomic E-state index is -4.76. The van der Waals surface area contributed by atoms with Gasteiger partial charge in [-0.25, -0.2) is 0 Å². The van der Waals surface area contributed by atoms with E-state index in [1.165, 1.54) is 12.1 Å². The molecule has 27 heavy (non-hydrogen) atoms. The fourth-order valence-electron chi connectivity index (χ4n) is 5.56. The van der Waals surface area contributed by atoms with Crippen molar-refractivity contribution in [1.29, 1.82) is 0 Å². The number of halogens is 3. The maximum Gasteiger partial charge on any atom is 0.451 e. The molecule has 150 valence electrons. The van der Waals surface area contributed by atoms with Crippen LogP contribution in [-0.4, -0.2) is 12.0 Å². The first-order valence-electron chi connectivity index (χ1n) is 9.88. The van der Waals surface area contributed by atoms with Crippen LogP contribution in [0.5, 0.6) is 0 Å². The molecule has 2 saturated carbocycles. The summed E-state index contributed by atoms with van der Waals surface area (Å²) < 4.78 is 49.0. The lowest BCUT2D eigenvalue weighted by Gasteiger charge is -2.58. The molecule has 3 aliphatic rings. The second kappa shape index (κ2) is 6.19. The smallest absolute Gasteiger partial charge is 0.300 e. The van der Waals surface area contributed by atoms with Crippen LogP contribution in [0.4, 0.5) is 13.2 Å². The Hall–Kier alpha value is -1.11. The zero-order valence-corrected chi connectivity index (χ0v) is 15.9. The molecule has 0 aromatic heterocycles. The van der Waals surface area contributed by atoms with Crippen molar-refractivity contribution in [3.05, 3.63) is 35.9 Å². The summed E-state index contributed by atoms with van der Waals surface area (Å²) in [5, 5.41) is 0. The van der Waals surface area contributed by atoms with Gasteiger partial charge >= 0.3 is 12.0 Å². The first-order valence-corrected chi connectivity index (χ1v) is 9.88. The van der Waals surface area contributed by atoms with Gasteiger partial charge in [0, 0.05) is 16.4 Å². The Balaban J connectivity index is 1.85. The van der Waals surface area contributed by atoms with E-state index >= 15 is 0 Å². The number of fused-ring (bicyclic) bond motifs is 1. The fourth-order valence-corrected chi connectivity index (χ4v) is 5.56. The summed E-state index contributed by atoms with van der Waals surface area (Å²) in [5.41, 5.74) is -1.12. The highest BCUT2D eigenvalue weighted by molar-refractivity contribution is 5.24. The number of benzene rings is 1. The van der Waals surface area contributed by atoms with Crippen molar-refractivity contribution < 1.29 is 27.7 Å². The van der Waals surface area contributed by atoms with Crippen LogP contribution in [0, 0.1) is 10.8 Å². The van der Waals surface area contributed by atoms with Gasteiger partial charge in [-0.3, -0.25) is 4.74 Å². The highest BCUT2D eigenvalue weighted by Gasteiger charge is 2.77. The van der Waals surface area contributed by atoms with E-state index in [0.29, 0.717) is 0 Å². The molecule has 2 spiro atoms. The Morgan fingerprint density at radius 1 is 0.815 bits per heavy atom. The molecule has 0 N–H and O–H groups in total. The molecule has 0 radical (unpaired) electrons. The average molecular weight is 384 g/mol. The van der Waals surface area contributed by atoms with E-state index in [1.54, 1.807) is 18.2 Å². The van der Waals surface area contributed by atoms with E-state index in [9.17, 15) is 13.2 Å². The Labute approximate surface area is 158 Å². The predicted molar refractivity (Wildman–Crippen MR) is 93.3 cm³/mol. The molecular formula is C21H27F3O3. The molecule has 2 aliphatic carbocycles. The maximum absolute atomic E-state index is 14.3. The van der Waals surface area contributed by atoms with Crippen LogP contribution in [-0.2, 0) is 20.3 Å². The Bertz CT molecular complexity index is 676. The van der Waals surface area contributed by atoms with Crippen molar-refractivity contribution in [2.24, 2.45) is 10.8 Å². The first-order chi connectivity index (χ1) is 12.7. The van der Waals surface area contributed by atoms with Crippen molar-refractivity contribution in [1.82, 2.24) is 0 Å². The number of hydrogen-bond donors (Lipinski definition) is 0. The first kappa shape index (κ1) is 19.2. The predicted octanol–water partition coefficient (Wildman–Crippen LogP) is 6.24. The van der Waals surface area contributed by atoms with Gasteiger partial charge in [0.25, 0.3) is 0 Å².